The quantitative estimate of drug-likeness (QED) is 0.843. The minimum absolute atomic E-state index is 0.405. The highest BCUT2D eigenvalue weighted by Crippen LogP contribution is 2.25. The van der Waals surface area contributed by atoms with E-state index < -0.39 is 12.2 Å². The molecule has 7 nitrogen and oxygen atoms in total. The molecular formula is C13H17N3O4. The lowest BCUT2D eigenvalue weighted by Crippen LogP contribution is -2.22. The lowest BCUT2D eigenvalue weighted by Gasteiger charge is -2.10. The van der Waals surface area contributed by atoms with Crippen molar-refractivity contribution in [1.82, 2.24) is 15.1 Å². The molecule has 1 aliphatic rings. The summed E-state index contributed by atoms with van der Waals surface area (Å²) in [5, 5.41) is 27.0. The number of hydrogen-bond acceptors (Lipinski definition) is 7. The summed E-state index contributed by atoms with van der Waals surface area (Å²) in [6, 6.07) is 1.86. The van der Waals surface area contributed by atoms with Gasteiger partial charge in [0.05, 0.1) is 24.3 Å². The second kappa shape index (κ2) is 5.01. The lowest BCUT2D eigenvalue weighted by atomic mass is 10.2. The number of likely N-dealkylation sites (tertiary alicyclic amines) is 1. The average molecular weight is 279 g/mol. The number of aromatic nitrogens is 2. The van der Waals surface area contributed by atoms with Gasteiger partial charge in [0.25, 0.3) is 5.89 Å². The molecule has 2 aromatic rings. The molecule has 0 amide bonds. The zero-order valence-electron chi connectivity index (χ0n) is 11.4. The zero-order chi connectivity index (χ0) is 14.3. The van der Waals surface area contributed by atoms with E-state index in [0.29, 0.717) is 31.4 Å². The molecular weight excluding hydrogens is 262 g/mol. The first-order valence-corrected chi connectivity index (χ1v) is 6.51. The predicted octanol–water partition coefficient (Wildman–Crippen LogP) is 0.484. The summed E-state index contributed by atoms with van der Waals surface area (Å²) >= 11 is 0. The topological polar surface area (TPSA) is 95.8 Å². The summed E-state index contributed by atoms with van der Waals surface area (Å²) in [5.41, 5.74) is 0.794. The maximum absolute atomic E-state index is 9.50. The second-order valence-corrected chi connectivity index (χ2v) is 5.16. The van der Waals surface area contributed by atoms with E-state index in [2.05, 4.69) is 10.2 Å². The second-order valence-electron chi connectivity index (χ2n) is 5.16. The predicted molar refractivity (Wildman–Crippen MR) is 68.8 cm³/mol. The minimum atomic E-state index is -0.712. The Morgan fingerprint density at radius 3 is 2.50 bits per heavy atom. The minimum Gasteiger partial charge on any atom is -0.466 e. The number of furan rings is 1. The third kappa shape index (κ3) is 2.47. The molecule has 2 aromatic heterocycles. The number of aryl methyl sites for hydroxylation is 2. The molecule has 0 radical (unpaired) electrons. The van der Waals surface area contributed by atoms with E-state index in [4.69, 9.17) is 8.83 Å². The van der Waals surface area contributed by atoms with E-state index in [1.807, 2.05) is 24.8 Å². The summed E-state index contributed by atoms with van der Waals surface area (Å²) in [7, 11) is 0. The summed E-state index contributed by atoms with van der Waals surface area (Å²) < 4.78 is 11.0. The number of nitrogens with zero attached hydrogens (tertiary/aromatic N) is 3. The Kier molecular flexibility index (Phi) is 3.33. The van der Waals surface area contributed by atoms with Crippen molar-refractivity contribution in [1.29, 1.82) is 0 Å². The van der Waals surface area contributed by atoms with E-state index in [1.54, 1.807) is 0 Å². The van der Waals surface area contributed by atoms with Gasteiger partial charge < -0.3 is 19.0 Å². The van der Waals surface area contributed by atoms with Gasteiger partial charge in [-0.25, -0.2) is 0 Å². The number of hydrogen-bond donors (Lipinski definition) is 2. The third-order valence-electron chi connectivity index (χ3n) is 3.43. The molecule has 2 N–H and O–H groups in total. The highest BCUT2D eigenvalue weighted by molar-refractivity contribution is 5.55. The fourth-order valence-electron chi connectivity index (χ4n) is 2.44. The van der Waals surface area contributed by atoms with Crippen molar-refractivity contribution in [3.05, 3.63) is 23.5 Å². The molecule has 3 rings (SSSR count). The van der Waals surface area contributed by atoms with Crippen LogP contribution in [0.3, 0.4) is 0 Å². The van der Waals surface area contributed by atoms with Crippen LogP contribution in [0.5, 0.6) is 0 Å². The van der Waals surface area contributed by atoms with Crippen LogP contribution < -0.4 is 0 Å². The Balaban J connectivity index is 1.73. The van der Waals surface area contributed by atoms with Crippen molar-refractivity contribution < 1.29 is 19.0 Å². The number of aliphatic hydroxyl groups excluding tert-OH is 2. The Morgan fingerprint density at radius 1 is 1.20 bits per heavy atom. The van der Waals surface area contributed by atoms with Gasteiger partial charge in [0, 0.05) is 13.1 Å². The molecule has 108 valence electrons. The fourth-order valence-corrected chi connectivity index (χ4v) is 2.44. The van der Waals surface area contributed by atoms with Gasteiger partial charge in [-0.15, -0.1) is 10.2 Å². The largest absolute Gasteiger partial charge is 0.466 e. The van der Waals surface area contributed by atoms with Gasteiger partial charge in [-0.05, 0) is 19.9 Å². The van der Waals surface area contributed by atoms with Gasteiger partial charge >= 0.3 is 0 Å². The standard InChI is InChI=1S/C13H17N3O4/c1-7-3-9(8(2)19-7)13-15-14-12(20-13)6-16-4-10(17)11(18)5-16/h3,10-11,17-18H,4-6H2,1-2H3/t10-,11+. The third-order valence-corrected chi connectivity index (χ3v) is 3.43. The van der Waals surface area contributed by atoms with E-state index in [9.17, 15) is 10.2 Å². The Labute approximate surface area is 115 Å². The molecule has 1 aliphatic heterocycles. The zero-order valence-corrected chi connectivity index (χ0v) is 11.4. The summed E-state index contributed by atoms with van der Waals surface area (Å²) in [5.74, 6) is 2.42. The first-order valence-electron chi connectivity index (χ1n) is 6.51. The van der Waals surface area contributed by atoms with E-state index in [0.717, 1.165) is 17.1 Å². The van der Waals surface area contributed by atoms with Crippen LogP contribution in [0.2, 0.25) is 0 Å². The molecule has 3 heterocycles. The van der Waals surface area contributed by atoms with Crippen molar-refractivity contribution in [2.24, 2.45) is 0 Å². The first kappa shape index (κ1) is 13.3. The van der Waals surface area contributed by atoms with Crippen LogP contribution in [-0.2, 0) is 6.54 Å². The van der Waals surface area contributed by atoms with Gasteiger partial charge in [-0.1, -0.05) is 0 Å². The van der Waals surface area contributed by atoms with Crippen LogP contribution in [0.1, 0.15) is 17.4 Å². The summed E-state index contributed by atoms with van der Waals surface area (Å²) in [6.07, 6.45) is -1.42. The first-order chi connectivity index (χ1) is 9.52. The highest BCUT2D eigenvalue weighted by Gasteiger charge is 2.30. The van der Waals surface area contributed by atoms with Crippen molar-refractivity contribution in [2.45, 2.75) is 32.6 Å². The number of β-amino-alcohol motifs (C(OH)–C–C–N with tert-alkyl or cyclic N) is 2. The van der Waals surface area contributed by atoms with Crippen molar-refractivity contribution in [3.8, 4) is 11.5 Å². The molecule has 1 fully saturated rings. The molecule has 2 atom stereocenters. The van der Waals surface area contributed by atoms with Crippen molar-refractivity contribution in [3.63, 3.8) is 0 Å². The van der Waals surface area contributed by atoms with Gasteiger partial charge in [-0.3, -0.25) is 4.90 Å². The maximum Gasteiger partial charge on any atom is 0.251 e. The van der Waals surface area contributed by atoms with Crippen LogP contribution in [0.15, 0.2) is 14.9 Å². The van der Waals surface area contributed by atoms with Crippen LogP contribution in [0, 0.1) is 13.8 Å². The molecule has 0 spiro atoms. The molecule has 0 aliphatic carbocycles. The monoisotopic (exact) mass is 279 g/mol. The highest BCUT2D eigenvalue weighted by atomic mass is 16.4. The van der Waals surface area contributed by atoms with Gasteiger partial charge in [0.1, 0.15) is 11.5 Å². The van der Waals surface area contributed by atoms with E-state index in [-0.39, 0.29) is 0 Å². The van der Waals surface area contributed by atoms with Crippen LogP contribution in [0.25, 0.3) is 11.5 Å². The number of rotatable bonds is 3. The van der Waals surface area contributed by atoms with Gasteiger partial charge in [0.2, 0.25) is 5.89 Å². The number of aliphatic hydroxyl groups is 2. The molecule has 0 aromatic carbocycles. The van der Waals surface area contributed by atoms with Crippen LogP contribution >= 0.6 is 0 Å². The molecule has 1 saturated heterocycles. The Hall–Kier alpha value is -1.70. The average Bonchev–Trinajstić information content (AvgIpc) is 3.02. The normalized spacial score (nSPS) is 23.6. The summed E-state index contributed by atoms with van der Waals surface area (Å²) in [4.78, 5) is 1.88. The molecule has 20 heavy (non-hydrogen) atoms. The summed E-state index contributed by atoms with van der Waals surface area (Å²) in [6.45, 7) is 4.93. The van der Waals surface area contributed by atoms with Gasteiger partial charge in [0.15, 0.2) is 0 Å². The molecule has 0 bridgehead atoms. The molecule has 0 unspecified atom stereocenters. The fraction of sp³-hybridized carbons (Fsp3) is 0.538. The molecule has 0 saturated carbocycles. The maximum atomic E-state index is 9.50. The Bertz CT molecular complexity index is 597. The van der Waals surface area contributed by atoms with E-state index in [1.165, 1.54) is 0 Å². The van der Waals surface area contributed by atoms with Crippen molar-refractivity contribution >= 4 is 0 Å². The van der Waals surface area contributed by atoms with Gasteiger partial charge in [-0.2, -0.15) is 0 Å². The molecule has 7 heteroatoms. The lowest BCUT2D eigenvalue weighted by molar-refractivity contribution is 0.0572. The van der Waals surface area contributed by atoms with Crippen LogP contribution in [-0.4, -0.2) is 50.6 Å². The van der Waals surface area contributed by atoms with Crippen LogP contribution in [0.4, 0.5) is 0 Å². The van der Waals surface area contributed by atoms with E-state index >= 15 is 0 Å². The Morgan fingerprint density at radius 2 is 1.90 bits per heavy atom. The smallest absolute Gasteiger partial charge is 0.251 e. The van der Waals surface area contributed by atoms with Crippen molar-refractivity contribution in [2.75, 3.05) is 13.1 Å². The SMILES string of the molecule is Cc1cc(-c2nnc(CN3C[C@@H](O)[C@@H](O)C3)o2)c(C)o1.